The van der Waals surface area contributed by atoms with Gasteiger partial charge in [-0.25, -0.2) is 0 Å². The zero-order chi connectivity index (χ0) is 18.2. The molecule has 138 valence electrons. The highest BCUT2D eigenvalue weighted by atomic mass is 32.2. The summed E-state index contributed by atoms with van der Waals surface area (Å²) in [6.45, 7) is 2.48. The molecule has 0 radical (unpaired) electrons. The van der Waals surface area contributed by atoms with Gasteiger partial charge in [0, 0.05) is 17.0 Å². The molecule has 0 spiro atoms. The average molecular weight is 369 g/mol. The van der Waals surface area contributed by atoms with Gasteiger partial charge < -0.3 is 5.32 Å². The van der Waals surface area contributed by atoms with Crippen molar-refractivity contribution in [3.8, 4) is 0 Å². The fraction of sp³-hybridized carbons (Fsp3) is 0.409. The highest BCUT2D eigenvalue weighted by Gasteiger charge is 2.26. The van der Waals surface area contributed by atoms with Gasteiger partial charge in [-0.05, 0) is 49.4 Å². The topological polar surface area (TPSA) is 32.3 Å². The number of hydrogen-bond donors (Lipinski definition) is 1. The molecule has 0 aliphatic heterocycles. The lowest BCUT2D eigenvalue weighted by molar-refractivity contribution is -0.127. The number of carbonyl (C=O) groups excluding carboxylic acids is 1. The summed E-state index contributed by atoms with van der Waals surface area (Å²) in [6, 6.07) is 21.0. The quantitative estimate of drug-likeness (QED) is 0.681. The molecular formula is C22H28N2OS. The van der Waals surface area contributed by atoms with Crippen LogP contribution in [-0.2, 0) is 4.79 Å². The first-order valence-electron chi connectivity index (χ1n) is 9.57. The number of rotatable bonds is 7. The highest BCUT2D eigenvalue weighted by molar-refractivity contribution is 7.97. The van der Waals surface area contributed by atoms with Crippen molar-refractivity contribution in [2.24, 2.45) is 0 Å². The molecule has 1 aliphatic rings. The van der Waals surface area contributed by atoms with Crippen LogP contribution in [0.5, 0.6) is 0 Å². The largest absolute Gasteiger partial charge is 0.302 e. The lowest BCUT2D eigenvalue weighted by Crippen LogP contribution is -2.41. The van der Waals surface area contributed by atoms with Crippen molar-refractivity contribution < 1.29 is 4.79 Å². The molecule has 1 aliphatic carbocycles. The van der Waals surface area contributed by atoms with E-state index in [1.54, 1.807) is 11.9 Å². The van der Waals surface area contributed by atoms with Crippen molar-refractivity contribution in [3.05, 3.63) is 66.2 Å². The van der Waals surface area contributed by atoms with E-state index in [0.717, 1.165) is 17.7 Å². The molecule has 26 heavy (non-hydrogen) atoms. The van der Waals surface area contributed by atoms with Gasteiger partial charge in [-0.15, -0.1) is 0 Å². The summed E-state index contributed by atoms with van der Waals surface area (Å²) in [6.07, 6.45) is 5.95. The molecule has 2 aromatic rings. The third kappa shape index (κ3) is 5.36. The smallest absolute Gasteiger partial charge is 0.246 e. The molecule has 1 N–H and O–H groups in total. The summed E-state index contributed by atoms with van der Waals surface area (Å²) in [5, 5.41) is 3.40. The molecule has 0 bridgehead atoms. The summed E-state index contributed by atoms with van der Waals surface area (Å²) in [5.41, 5.74) is 1.21. The lowest BCUT2D eigenvalue weighted by atomic mass is 9.95. The normalized spacial score (nSPS) is 16.2. The molecule has 1 amide bonds. The Morgan fingerprint density at radius 1 is 1.04 bits per heavy atom. The second kappa shape index (κ2) is 9.79. The minimum atomic E-state index is 0.162. The van der Waals surface area contributed by atoms with E-state index in [1.165, 1.54) is 24.8 Å². The zero-order valence-electron chi connectivity index (χ0n) is 15.4. The molecule has 2 aromatic carbocycles. The monoisotopic (exact) mass is 368 g/mol. The van der Waals surface area contributed by atoms with Crippen LogP contribution in [0.2, 0.25) is 0 Å². The van der Waals surface area contributed by atoms with Gasteiger partial charge in [-0.3, -0.25) is 9.10 Å². The Balaban J connectivity index is 1.64. The van der Waals surface area contributed by atoms with Crippen molar-refractivity contribution in [3.63, 3.8) is 0 Å². The van der Waals surface area contributed by atoms with Crippen molar-refractivity contribution in [2.75, 3.05) is 6.54 Å². The SMILES string of the molecule is CC(NCC(=O)N(Sc1ccccc1)C1CCCCC1)c1ccccc1. The second-order valence-electron chi connectivity index (χ2n) is 6.93. The summed E-state index contributed by atoms with van der Waals surface area (Å²) in [5.74, 6) is 0.175. The van der Waals surface area contributed by atoms with E-state index in [2.05, 4.69) is 36.5 Å². The van der Waals surface area contributed by atoms with Crippen molar-refractivity contribution in [1.29, 1.82) is 0 Å². The third-order valence-corrected chi connectivity index (χ3v) is 6.14. The van der Waals surface area contributed by atoms with Crippen LogP contribution in [0, 0.1) is 0 Å². The second-order valence-corrected chi connectivity index (χ2v) is 7.98. The van der Waals surface area contributed by atoms with Gasteiger partial charge in [-0.2, -0.15) is 0 Å². The van der Waals surface area contributed by atoms with Crippen LogP contribution in [0.15, 0.2) is 65.6 Å². The van der Waals surface area contributed by atoms with Crippen molar-refractivity contribution >= 4 is 17.9 Å². The van der Waals surface area contributed by atoms with E-state index in [4.69, 9.17) is 0 Å². The fourth-order valence-electron chi connectivity index (χ4n) is 3.42. The van der Waals surface area contributed by atoms with Gasteiger partial charge in [0.2, 0.25) is 5.91 Å². The standard InChI is InChI=1S/C22H28N2OS/c1-18(19-11-5-2-6-12-19)23-17-22(25)24(20-13-7-3-8-14-20)26-21-15-9-4-10-16-21/h2,4-6,9-12,15-16,18,20,23H,3,7-8,13-14,17H2,1H3. The summed E-state index contributed by atoms with van der Waals surface area (Å²) >= 11 is 1.59. The molecule has 3 nitrogen and oxygen atoms in total. The van der Waals surface area contributed by atoms with Crippen LogP contribution < -0.4 is 5.32 Å². The van der Waals surface area contributed by atoms with E-state index in [0.29, 0.717) is 12.6 Å². The minimum Gasteiger partial charge on any atom is -0.302 e. The van der Waals surface area contributed by atoms with E-state index in [1.807, 2.05) is 40.7 Å². The Morgan fingerprint density at radius 3 is 2.31 bits per heavy atom. The van der Waals surface area contributed by atoms with E-state index < -0.39 is 0 Å². The van der Waals surface area contributed by atoms with Gasteiger partial charge in [0.1, 0.15) is 0 Å². The predicted octanol–water partition coefficient (Wildman–Crippen LogP) is 5.21. The highest BCUT2D eigenvalue weighted by Crippen LogP contribution is 2.31. The number of benzene rings is 2. The summed E-state index contributed by atoms with van der Waals surface area (Å²) in [4.78, 5) is 14.2. The van der Waals surface area contributed by atoms with Crippen LogP contribution in [-0.4, -0.2) is 22.8 Å². The Labute approximate surface area is 161 Å². The molecule has 0 aromatic heterocycles. The first kappa shape index (κ1) is 19.0. The maximum Gasteiger partial charge on any atom is 0.246 e. The van der Waals surface area contributed by atoms with E-state index >= 15 is 0 Å². The Morgan fingerprint density at radius 2 is 1.65 bits per heavy atom. The molecule has 1 unspecified atom stereocenters. The molecule has 1 saturated carbocycles. The molecule has 1 fully saturated rings. The average Bonchev–Trinajstić information content (AvgIpc) is 2.72. The van der Waals surface area contributed by atoms with Gasteiger partial charge in [0.25, 0.3) is 0 Å². The molecule has 3 rings (SSSR count). The Bertz CT molecular complexity index is 671. The van der Waals surface area contributed by atoms with Crippen molar-refractivity contribution in [1.82, 2.24) is 9.62 Å². The first-order chi connectivity index (χ1) is 12.7. The molecule has 1 atom stereocenters. The molecule has 0 saturated heterocycles. The van der Waals surface area contributed by atoms with Crippen LogP contribution >= 0.6 is 11.9 Å². The number of amides is 1. The maximum atomic E-state index is 13.0. The number of carbonyl (C=O) groups is 1. The molecule has 4 heteroatoms. The van der Waals surface area contributed by atoms with Crippen LogP contribution in [0.3, 0.4) is 0 Å². The van der Waals surface area contributed by atoms with Gasteiger partial charge in [-0.1, -0.05) is 67.8 Å². The lowest BCUT2D eigenvalue weighted by Gasteiger charge is -2.33. The number of nitrogens with zero attached hydrogens (tertiary/aromatic N) is 1. The first-order valence-corrected chi connectivity index (χ1v) is 10.3. The van der Waals surface area contributed by atoms with Gasteiger partial charge in [0.15, 0.2) is 0 Å². The zero-order valence-corrected chi connectivity index (χ0v) is 16.3. The summed E-state index contributed by atoms with van der Waals surface area (Å²) in [7, 11) is 0. The van der Waals surface area contributed by atoms with Crippen LogP contribution in [0.25, 0.3) is 0 Å². The Kier molecular flexibility index (Phi) is 7.15. The predicted molar refractivity (Wildman–Crippen MR) is 109 cm³/mol. The van der Waals surface area contributed by atoms with E-state index in [9.17, 15) is 4.79 Å². The van der Waals surface area contributed by atoms with E-state index in [-0.39, 0.29) is 11.9 Å². The third-order valence-electron chi connectivity index (χ3n) is 4.96. The van der Waals surface area contributed by atoms with Crippen molar-refractivity contribution in [2.45, 2.75) is 56.0 Å². The fourth-order valence-corrected chi connectivity index (χ4v) is 4.45. The molecular weight excluding hydrogens is 340 g/mol. The summed E-state index contributed by atoms with van der Waals surface area (Å²) < 4.78 is 2.03. The van der Waals surface area contributed by atoms with Gasteiger partial charge >= 0.3 is 0 Å². The number of hydrogen-bond acceptors (Lipinski definition) is 3. The van der Waals surface area contributed by atoms with Crippen LogP contribution in [0.4, 0.5) is 0 Å². The molecule has 0 heterocycles. The minimum absolute atomic E-state index is 0.162. The number of nitrogens with one attached hydrogen (secondary N) is 1. The maximum absolute atomic E-state index is 13.0. The van der Waals surface area contributed by atoms with Gasteiger partial charge in [0.05, 0.1) is 6.54 Å². The van der Waals surface area contributed by atoms with Crippen LogP contribution in [0.1, 0.15) is 50.6 Å². The Hall–Kier alpha value is -1.78.